The van der Waals surface area contributed by atoms with Crippen LogP contribution in [0.25, 0.3) is 5.57 Å². The highest BCUT2D eigenvalue weighted by Gasteiger charge is 2.42. The fraction of sp³-hybridized carbons (Fsp3) is 0.520. The Bertz CT molecular complexity index is 1130. The molecular weight excluding hydrogens is 456 g/mol. The molecule has 174 valence electrons. The van der Waals surface area contributed by atoms with E-state index in [9.17, 15) is 9.32 Å². The molecule has 2 aromatic rings. The first-order valence-corrected chi connectivity index (χ1v) is 13.7. The SMILES string of the molecule is O=[S@]1CCCCc2nc(N3CC4CC3C=C4c3ccc(Cl)cc3)nc(NC3(CO)CCC3)c21. The monoisotopic (exact) mass is 484 g/mol. The second kappa shape index (κ2) is 8.36. The number of hydrogen-bond donors (Lipinski definition) is 2. The molecule has 3 heterocycles. The first-order chi connectivity index (χ1) is 16.0. The second-order valence-corrected chi connectivity index (χ2v) is 11.8. The summed E-state index contributed by atoms with van der Waals surface area (Å²) < 4.78 is 13.1. The zero-order valence-electron chi connectivity index (χ0n) is 18.6. The maximum Gasteiger partial charge on any atom is 0.228 e. The Kier molecular flexibility index (Phi) is 5.46. The molecular formula is C25H29ClN4O2S. The summed E-state index contributed by atoms with van der Waals surface area (Å²) in [6, 6.07) is 8.36. The molecule has 2 aliphatic carbocycles. The normalized spacial score (nSPS) is 27.5. The van der Waals surface area contributed by atoms with Gasteiger partial charge in [0.05, 0.1) is 34.7 Å². The molecule has 8 heteroatoms. The van der Waals surface area contributed by atoms with E-state index < -0.39 is 10.8 Å². The van der Waals surface area contributed by atoms with Crippen molar-refractivity contribution in [2.24, 2.45) is 5.92 Å². The Hall–Kier alpha value is -1.96. The van der Waals surface area contributed by atoms with Crippen molar-refractivity contribution in [3.63, 3.8) is 0 Å². The smallest absolute Gasteiger partial charge is 0.228 e. The van der Waals surface area contributed by atoms with Crippen LogP contribution in [0.5, 0.6) is 0 Å². The lowest BCUT2D eigenvalue weighted by atomic mass is 9.77. The van der Waals surface area contributed by atoms with Crippen LogP contribution in [0.1, 0.15) is 49.8 Å². The minimum Gasteiger partial charge on any atom is -0.394 e. The third kappa shape index (κ3) is 3.78. The van der Waals surface area contributed by atoms with Crippen LogP contribution in [0, 0.1) is 5.92 Å². The molecule has 2 N–H and O–H groups in total. The number of aromatic nitrogens is 2. The minimum absolute atomic E-state index is 0.0648. The van der Waals surface area contributed by atoms with Crippen molar-refractivity contribution in [2.75, 3.05) is 29.1 Å². The van der Waals surface area contributed by atoms with E-state index in [4.69, 9.17) is 21.6 Å². The lowest BCUT2D eigenvalue weighted by Gasteiger charge is -2.42. The average molecular weight is 485 g/mol. The van der Waals surface area contributed by atoms with Crippen LogP contribution in [-0.4, -0.2) is 49.8 Å². The molecule has 2 bridgehead atoms. The lowest BCUT2D eigenvalue weighted by molar-refractivity contribution is 0.143. The van der Waals surface area contributed by atoms with Crippen molar-refractivity contribution in [2.45, 2.75) is 61.4 Å². The Morgan fingerprint density at radius 1 is 1.18 bits per heavy atom. The highest BCUT2D eigenvalue weighted by Crippen LogP contribution is 2.45. The quantitative estimate of drug-likeness (QED) is 0.662. The van der Waals surface area contributed by atoms with Gasteiger partial charge in [0.2, 0.25) is 5.95 Å². The van der Waals surface area contributed by atoms with E-state index in [1.807, 2.05) is 12.1 Å². The summed E-state index contributed by atoms with van der Waals surface area (Å²) in [4.78, 5) is 13.0. The van der Waals surface area contributed by atoms with E-state index in [1.54, 1.807) is 0 Å². The standard InChI is InChI=1S/C25H29ClN4O2S/c26-18-7-5-16(6-8-18)20-13-19-12-17(20)14-30(19)24-27-21-4-1-2-11-33(32)22(21)23(28-24)29-25(15-31)9-3-10-25/h5-8,13,17,19,31H,1-4,9-12,14-15H2,(H,27,28,29)/t17?,19?,33-/m0/s1. The van der Waals surface area contributed by atoms with Gasteiger partial charge in [-0.25, -0.2) is 4.98 Å². The van der Waals surface area contributed by atoms with E-state index in [1.165, 1.54) is 11.1 Å². The van der Waals surface area contributed by atoms with Gasteiger partial charge in [0, 0.05) is 23.2 Å². The molecule has 0 spiro atoms. The number of hydrogen-bond acceptors (Lipinski definition) is 6. The van der Waals surface area contributed by atoms with Gasteiger partial charge in [0.1, 0.15) is 10.7 Å². The molecule has 6 nitrogen and oxygen atoms in total. The molecule has 33 heavy (non-hydrogen) atoms. The van der Waals surface area contributed by atoms with Gasteiger partial charge < -0.3 is 15.3 Å². The van der Waals surface area contributed by atoms with Gasteiger partial charge in [0.25, 0.3) is 0 Å². The zero-order valence-corrected chi connectivity index (χ0v) is 20.2. The number of benzene rings is 1. The Balaban J connectivity index is 1.35. The molecule has 1 aromatic carbocycles. The lowest BCUT2D eigenvalue weighted by Crippen LogP contribution is -2.49. The van der Waals surface area contributed by atoms with Crippen LogP contribution >= 0.6 is 11.6 Å². The molecule has 0 amide bonds. The topological polar surface area (TPSA) is 78.4 Å². The average Bonchev–Trinajstić information content (AvgIpc) is 3.35. The number of anilines is 2. The second-order valence-electron chi connectivity index (χ2n) is 9.85. The van der Waals surface area contributed by atoms with Gasteiger partial charge in [-0.2, -0.15) is 4.98 Å². The molecule has 1 aromatic heterocycles. The fourth-order valence-corrected chi connectivity index (χ4v) is 7.23. The summed E-state index contributed by atoms with van der Waals surface area (Å²) in [6.07, 6.45) is 9.07. The van der Waals surface area contributed by atoms with Crippen LogP contribution in [0.2, 0.25) is 5.02 Å². The van der Waals surface area contributed by atoms with Gasteiger partial charge >= 0.3 is 0 Å². The molecule has 6 rings (SSSR count). The third-order valence-corrected chi connectivity index (χ3v) is 9.53. The van der Waals surface area contributed by atoms with Crippen molar-refractivity contribution >= 4 is 39.7 Å². The van der Waals surface area contributed by atoms with Crippen molar-refractivity contribution in [1.82, 2.24) is 9.97 Å². The number of nitrogens with one attached hydrogen (secondary N) is 1. The first-order valence-electron chi connectivity index (χ1n) is 12.0. The fourth-order valence-electron chi connectivity index (χ4n) is 5.71. The maximum atomic E-state index is 13.1. The third-order valence-electron chi connectivity index (χ3n) is 7.73. The Labute approximate surface area is 201 Å². The molecule has 4 aliphatic rings. The maximum absolute atomic E-state index is 13.1. The molecule has 1 saturated carbocycles. The van der Waals surface area contributed by atoms with Crippen molar-refractivity contribution in [3.8, 4) is 0 Å². The molecule has 2 aliphatic heterocycles. The number of fused-ring (bicyclic) bond motifs is 3. The highest BCUT2D eigenvalue weighted by molar-refractivity contribution is 7.85. The van der Waals surface area contributed by atoms with Crippen LogP contribution < -0.4 is 10.2 Å². The van der Waals surface area contributed by atoms with Crippen molar-refractivity contribution in [3.05, 3.63) is 46.6 Å². The van der Waals surface area contributed by atoms with Crippen molar-refractivity contribution in [1.29, 1.82) is 0 Å². The van der Waals surface area contributed by atoms with E-state index >= 15 is 0 Å². The first kappa shape index (κ1) is 21.6. The van der Waals surface area contributed by atoms with Crippen LogP contribution in [0.3, 0.4) is 0 Å². The zero-order chi connectivity index (χ0) is 22.6. The predicted molar refractivity (Wildman–Crippen MR) is 132 cm³/mol. The molecule has 2 fully saturated rings. The number of aryl methyl sites for hydroxylation is 1. The largest absolute Gasteiger partial charge is 0.394 e. The summed E-state index contributed by atoms with van der Waals surface area (Å²) in [6.45, 7) is 0.945. The molecule has 0 radical (unpaired) electrons. The van der Waals surface area contributed by atoms with E-state index in [2.05, 4.69) is 28.4 Å². The Morgan fingerprint density at radius 3 is 2.67 bits per heavy atom. The Morgan fingerprint density at radius 2 is 2.00 bits per heavy atom. The summed E-state index contributed by atoms with van der Waals surface area (Å²) in [5, 5.41) is 14.3. The molecule has 1 saturated heterocycles. The number of rotatable bonds is 5. The molecule has 2 unspecified atom stereocenters. The summed E-state index contributed by atoms with van der Waals surface area (Å²) >= 11 is 6.08. The van der Waals surface area contributed by atoms with Gasteiger partial charge in [-0.05, 0) is 68.2 Å². The number of aliphatic hydroxyl groups is 1. The number of halogens is 1. The van der Waals surface area contributed by atoms with Gasteiger partial charge in [-0.15, -0.1) is 0 Å². The summed E-state index contributed by atoms with van der Waals surface area (Å²) in [7, 11) is -1.11. The number of nitrogens with zero attached hydrogens (tertiary/aromatic N) is 3. The highest BCUT2D eigenvalue weighted by atomic mass is 35.5. The van der Waals surface area contributed by atoms with Gasteiger partial charge in [0.15, 0.2) is 0 Å². The predicted octanol–water partition coefficient (Wildman–Crippen LogP) is 4.19. The van der Waals surface area contributed by atoms with Gasteiger partial charge in [-0.3, -0.25) is 4.21 Å². The number of aliphatic hydroxyl groups excluding tert-OH is 1. The van der Waals surface area contributed by atoms with Crippen LogP contribution in [0.4, 0.5) is 11.8 Å². The minimum atomic E-state index is -1.11. The van der Waals surface area contributed by atoms with Crippen molar-refractivity contribution < 1.29 is 9.32 Å². The van der Waals surface area contributed by atoms with E-state index in [0.29, 0.717) is 17.5 Å². The van der Waals surface area contributed by atoms with E-state index in [0.717, 1.165) is 73.1 Å². The summed E-state index contributed by atoms with van der Waals surface area (Å²) in [5.74, 6) is 2.49. The van der Waals surface area contributed by atoms with Crippen LogP contribution in [0.15, 0.2) is 35.2 Å². The van der Waals surface area contributed by atoms with Gasteiger partial charge in [-0.1, -0.05) is 29.8 Å². The van der Waals surface area contributed by atoms with Crippen LogP contribution in [-0.2, 0) is 17.2 Å². The molecule has 3 atom stereocenters. The summed E-state index contributed by atoms with van der Waals surface area (Å²) in [5.41, 5.74) is 3.19. The van der Waals surface area contributed by atoms with E-state index in [-0.39, 0.29) is 18.2 Å².